The minimum atomic E-state index is -0.0374. The molecular formula is C16H21N3O2S. The summed E-state index contributed by atoms with van der Waals surface area (Å²) in [6, 6.07) is 2.31. The predicted octanol–water partition coefficient (Wildman–Crippen LogP) is 2.33. The Kier molecular flexibility index (Phi) is 4.77. The molecule has 1 amide bonds. The minimum Gasteiger partial charge on any atom is -0.379 e. The Morgan fingerprint density at radius 3 is 3.00 bits per heavy atom. The Hall–Kier alpha value is -1.42. The second-order valence-electron chi connectivity index (χ2n) is 5.98. The van der Waals surface area contributed by atoms with E-state index in [9.17, 15) is 10.1 Å². The van der Waals surface area contributed by atoms with E-state index in [-0.39, 0.29) is 5.91 Å². The zero-order valence-corrected chi connectivity index (χ0v) is 13.7. The highest BCUT2D eigenvalue weighted by molar-refractivity contribution is 7.16. The second kappa shape index (κ2) is 6.78. The number of ether oxygens (including phenoxy) is 1. The SMILES string of the molecule is C[C@@H]1CCCc2sc(NC(=O)CN3CCOCC3)c(C#N)c21. The van der Waals surface area contributed by atoms with Crippen molar-refractivity contribution in [3.8, 4) is 6.07 Å². The second-order valence-corrected chi connectivity index (χ2v) is 7.09. The molecule has 0 bridgehead atoms. The number of morpholine rings is 1. The fourth-order valence-electron chi connectivity index (χ4n) is 3.24. The van der Waals surface area contributed by atoms with Gasteiger partial charge < -0.3 is 10.1 Å². The molecule has 2 aliphatic rings. The molecule has 1 atom stereocenters. The number of nitrogens with one attached hydrogen (secondary N) is 1. The van der Waals surface area contributed by atoms with E-state index in [1.54, 1.807) is 11.3 Å². The molecule has 0 unspecified atom stereocenters. The molecule has 1 N–H and O–H groups in total. The lowest BCUT2D eigenvalue weighted by molar-refractivity contribution is -0.118. The Morgan fingerprint density at radius 2 is 2.27 bits per heavy atom. The van der Waals surface area contributed by atoms with Gasteiger partial charge in [-0.3, -0.25) is 9.69 Å². The molecule has 1 aromatic rings. The van der Waals surface area contributed by atoms with Crippen LogP contribution < -0.4 is 5.32 Å². The summed E-state index contributed by atoms with van der Waals surface area (Å²) in [7, 11) is 0. The molecule has 118 valence electrons. The number of fused-ring (bicyclic) bond motifs is 1. The number of nitrogens with zero attached hydrogens (tertiary/aromatic N) is 2. The summed E-state index contributed by atoms with van der Waals surface area (Å²) in [5, 5.41) is 13.2. The van der Waals surface area contributed by atoms with Crippen LogP contribution in [0, 0.1) is 11.3 Å². The molecule has 5 nitrogen and oxygen atoms in total. The van der Waals surface area contributed by atoms with Crippen LogP contribution in [0.5, 0.6) is 0 Å². The van der Waals surface area contributed by atoms with E-state index in [0.717, 1.165) is 30.9 Å². The van der Waals surface area contributed by atoms with E-state index in [2.05, 4.69) is 23.2 Å². The van der Waals surface area contributed by atoms with Crippen LogP contribution in [0.1, 0.15) is 41.7 Å². The van der Waals surface area contributed by atoms with Crippen molar-refractivity contribution in [3.63, 3.8) is 0 Å². The highest BCUT2D eigenvalue weighted by Crippen LogP contribution is 2.42. The Labute approximate surface area is 134 Å². The number of anilines is 1. The Bertz CT molecular complexity index is 599. The van der Waals surface area contributed by atoms with Gasteiger partial charge in [0.25, 0.3) is 0 Å². The first kappa shape index (κ1) is 15.5. The molecule has 6 heteroatoms. The Morgan fingerprint density at radius 1 is 1.50 bits per heavy atom. The van der Waals surface area contributed by atoms with Crippen LogP contribution in [0.25, 0.3) is 0 Å². The number of amides is 1. The van der Waals surface area contributed by atoms with Crippen LogP contribution in [-0.2, 0) is 16.0 Å². The van der Waals surface area contributed by atoms with Crippen molar-refractivity contribution < 1.29 is 9.53 Å². The lowest BCUT2D eigenvalue weighted by atomic mass is 9.87. The third-order valence-corrected chi connectivity index (χ3v) is 5.57. The largest absolute Gasteiger partial charge is 0.379 e. The molecule has 22 heavy (non-hydrogen) atoms. The molecule has 1 aromatic heterocycles. The summed E-state index contributed by atoms with van der Waals surface area (Å²) in [5.41, 5.74) is 1.85. The molecule has 1 fully saturated rings. The zero-order valence-electron chi connectivity index (χ0n) is 12.9. The van der Waals surface area contributed by atoms with Crippen LogP contribution in [0.3, 0.4) is 0 Å². The van der Waals surface area contributed by atoms with Crippen LogP contribution in [0.2, 0.25) is 0 Å². The van der Waals surface area contributed by atoms with E-state index in [1.165, 1.54) is 16.9 Å². The van der Waals surface area contributed by atoms with Crippen molar-refractivity contribution in [2.24, 2.45) is 0 Å². The average molecular weight is 319 g/mol. The number of hydrogen-bond donors (Lipinski definition) is 1. The van der Waals surface area contributed by atoms with E-state index in [1.807, 2.05) is 0 Å². The molecule has 0 spiro atoms. The number of carbonyl (C=O) groups is 1. The molecule has 0 aromatic carbocycles. The molecule has 1 aliphatic heterocycles. The van der Waals surface area contributed by atoms with Gasteiger partial charge in [-0.1, -0.05) is 6.92 Å². The summed E-state index contributed by atoms with van der Waals surface area (Å²) >= 11 is 1.58. The highest BCUT2D eigenvalue weighted by atomic mass is 32.1. The van der Waals surface area contributed by atoms with Gasteiger partial charge in [0.15, 0.2) is 0 Å². The van der Waals surface area contributed by atoms with Crippen LogP contribution in [0.4, 0.5) is 5.00 Å². The summed E-state index contributed by atoms with van der Waals surface area (Å²) < 4.78 is 5.29. The summed E-state index contributed by atoms with van der Waals surface area (Å²) in [6.07, 6.45) is 3.32. The molecule has 0 radical (unpaired) electrons. The molecule has 1 aliphatic carbocycles. The van der Waals surface area contributed by atoms with Crippen LogP contribution in [-0.4, -0.2) is 43.7 Å². The maximum atomic E-state index is 12.2. The molecule has 2 heterocycles. The Balaban J connectivity index is 1.72. The maximum absolute atomic E-state index is 12.2. The average Bonchev–Trinajstić information content (AvgIpc) is 2.86. The van der Waals surface area contributed by atoms with Gasteiger partial charge in [-0.25, -0.2) is 0 Å². The monoisotopic (exact) mass is 319 g/mol. The van der Waals surface area contributed by atoms with Crippen molar-refractivity contribution in [1.82, 2.24) is 4.90 Å². The predicted molar refractivity (Wildman–Crippen MR) is 86.3 cm³/mol. The number of aryl methyl sites for hydroxylation is 1. The molecule has 1 saturated heterocycles. The maximum Gasteiger partial charge on any atom is 0.239 e. The van der Waals surface area contributed by atoms with Gasteiger partial charge in [0.05, 0.1) is 25.3 Å². The summed E-state index contributed by atoms with van der Waals surface area (Å²) in [4.78, 5) is 15.6. The highest BCUT2D eigenvalue weighted by Gasteiger charge is 2.26. The normalized spacial score (nSPS) is 21.9. The van der Waals surface area contributed by atoms with Crippen molar-refractivity contribution >= 4 is 22.2 Å². The lowest BCUT2D eigenvalue weighted by Crippen LogP contribution is -2.41. The zero-order chi connectivity index (χ0) is 15.5. The van der Waals surface area contributed by atoms with E-state index < -0.39 is 0 Å². The first-order valence-electron chi connectivity index (χ1n) is 7.84. The fraction of sp³-hybridized carbons (Fsp3) is 0.625. The number of nitriles is 1. The van der Waals surface area contributed by atoms with Crippen LogP contribution in [0.15, 0.2) is 0 Å². The fourth-order valence-corrected chi connectivity index (χ4v) is 4.57. The third kappa shape index (κ3) is 3.17. The van der Waals surface area contributed by atoms with E-state index in [4.69, 9.17) is 4.74 Å². The van der Waals surface area contributed by atoms with Gasteiger partial charge in [0, 0.05) is 18.0 Å². The third-order valence-electron chi connectivity index (χ3n) is 4.39. The van der Waals surface area contributed by atoms with E-state index >= 15 is 0 Å². The standard InChI is InChI=1S/C16H21N3O2S/c1-11-3-2-4-13-15(11)12(9-17)16(22-13)18-14(20)10-19-5-7-21-8-6-19/h11H,2-8,10H2,1H3,(H,18,20)/t11-/m1/s1. The van der Waals surface area contributed by atoms with Crippen molar-refractivity contribution in [2.75, 3.05) is 38.2 Å². The molecule has 3 rings (SSSR count). The van der Waals surface area contributed by atoms with Gasteiger partial charge in [0.1, 0.15) is 11.1 Å². The summed E-state index contributed by atoms with van der Waals surface area (Å²) in [6.45, 7) is 5.48. The van der Waals surface area contributed by atoms with E-state index in [0.29, 0.717) is 31.2 Å². The first-order valence-corrected chi connectivity index (χ1v) is 8.66. The first-order chi connectivity index (χ1) is 10.7. The number of rotatable bonds is 3. The van der Waals surface area contributed by atoms with Gasteiger partial charge in [-0.2, -0.15) is 5.26 Å². The van der Waals surface area contributed by atoms with Gasteiger partial charge >= 0.3 is 0 Å². The van der Waals surface area contributed by atoms with Crippen molar-refractivity contribution in [3.05, 3.63) is 16.0 Å². The quantitative estimate of drug-likeness (QED) is 0.928. The number of carbonyl (C=O) groups excluding carboxylic acids is 1. The lowest BCUT2D eigenvalue weighted by Gasteiger charge is -2.25. The van der Waals surface area contributed by atoms with Crippen molar-refractivity contribution in [1.29, 1.82) is 5.26 Å². The van der Waals surface area contributed by atoms with Gasteiger partial charge in [-0.05, 0) is 30.7 Å². The van der Waals surface area contributed by atoms with Crippen molar-refractivity contribution in [2.45, 2.75) is 32.1 Å². The number of hydrogen-bond acceptors (Lipinski definition) is 5. The molecular weight excluding hydrogens is 298 g/mol. The number of thiophene rings is 1. The summed E-state index contributed by atoms with van der Waals surface area (Å²) in [5.74, 6) is 0.379. The van der Waals surface area contributed by atoms with Crippen LogP contribution >= 0.6 is 11.3 Å². The minimum absolute atomic E-state index is 0.0374. The smallest absolute Gasteiger partial charge is 0.239 e. The topological polar surface area (TPSA) is 65.4 Å². The van der Waals surface area contributed by atoms with Gasteiger partial charge in [-0.15, -0.1) is 11.3 Å². The molecule has 0 saturated carbocycles. The van der Waals surface area contributed by atoms with Gasteiger partial charge in [0.2, 0.25) is 5.91 Å².